The summed E-state index contributed by atoms with van der Waals surface area (Å²) in [5, 5.41) is 20.6. The van der Waals surface area contributed by atoms with Crippen LogP contribution in [0.3, 0.4) is 0 Å². The number of piperazine rings is 1. The zero-order valence-corrected chi connectivity index (χ0v) is 24.1. The van der Waals surface area contributed by atoms with E-state index in [1.165, 1.54) is 12.5 Å². The molecule has 10 nitrogen and oxygen atoms in total. The maximum absolute atomic E-state index is 10.5. The number of aromatic nitrogens is 2. The van der Waals surface area contributed by atoms with Crippen molar-refractivity contribution in [1.82, 2.24) is 24.7 Å². The van der Waals surface area contributed by atoms with Gasteiger partial charge in [0.05, 0.1) is 25.3 Å². The summed E-state index contributed by atoms with van der Waals surface area (Å²) in [6.07, 6.45) is 3.29. The van der Waals surface area contributed by atoms with Crippen molar-refractivity contribution < 1.29 is 14.6 Å². The van der Waals surface area contributed by atoms with Crippen LogP contribution < -0.4 is 14.4 Å². The summed E-state index contributed by atoms with van der Waals surface area (Å²) in [5.41, 5.74) is 2.94. The van der Waals surface area contributed by atoms with Crippen LogP contribution in [0.25, 0.3) is 0 Å². The number of aliphatic hydroxyl groups is 1. The highest BCUT2D eigenvalue weighted by atomic mass is 35.5. The molecule has 11 heteroatoms. The monoisotopic (exact) mass is 567 g/mol. The Morgan fingerprint density at radius 1 is 1.25 bits per heavy atom. The van der Waals surface area contributed by atoms with Gasteiger partial charge in [0.25, 0.3) is 0 Å². The van der Waals surface area contributed by atoms with Gasteiger partial charge in [-0.05, 0) is 44.6 Å². The number of fused-ring (bicyclic) bond motifs is 1. The van der Waals surface area contributed by atoms with Crippen LogP contribution in [0, 0.1) is 11.3 Å². The zero-order chi connectivity index (χ0) is 28.2. The fraction of sp³-hybridized carbons (Fsp3) is 0.552. The van der Waals surface area contributed by atoms with E-state index in [0.717, 1.165) is 41.4 Å². The van der Waals surface area contributed by atoms with E-state index >= 15 is 0 Å². The third-order valence-corrected chi connectivity index (χ3v) is 8.62. The molecule has 214 valence electrons. The molecule has 1 aromatic heterocycles. The van der Waals surface area contributed by atoms with E-state index in [0.29, 0.717) is 69.4 Å². The van der Waals surface area contributed by atoms with Crippen molar-refractivity contribution in [3.8, 4) is 17.8 Å². The number of likely N-dealkylation sites (N-methyl/N-ethyl adjacent to an activating group) is 1. The van der Waals surface area contributed by atoms with Gasteiger partial charge in [0.1, 0.15) is 24.4 Å². The Kier molecular flexibility index (Phi) is 9.08. The predicted molar refractivity (Wildman–Crippen MR) is 153 cm³/mol. The van der Waals surface area contributed by atoms with Gasteiger partial charge in [0.2, 0.25) is 0 Å². The summed E-state index contributed by atoms with van der Waals surface area (Å²) >= 11 is 6.56. The molecule has 5 rings (SSSR count). The predicted octanol–water partition coefficient (Wildman–Crippen LogP) is 3.04. The number of hydrogen-bond acceptors (Lipinski definition) is 10. The van der Waals surface area contributed by atoms with Gasteiger partial charge in [0.15, 0.2) is 0 Å². The highest BCUT2D eigenvalue weighted by molar-refractivity contribution is 6.31. The Morgan fingerprint density at radius 2 is 2.10 bits per heavy atom. The molecule has 0 radical (unpaired) electrons. The first-order chi connectivity index (χ1) is 19.4. The number of hydrogen-bond donors (Lipinski definition) is 1. The topological polar surface area (TPSA) is 101 Å². The molecule has 40 heavy (non-hydrogen) atoms. The summed E-state index contributed by atoms with van der Waals surface area (Å²) in [7, 11) is 3.78. The van der Waals surface area contributed by atoms with Gasteiger partial charge < -0.3 is 24.4 Å². The lowest BCUT2D eigenvalue weighted by Crippen LogP contribution is -2.56. The lowest BCUT2D eigenvalue weighted by Gasteiger charge is -2.43. The van der Waals surface area contributed by atoms with Gasteiger partial charge in [-0.2, -0.15) is 15.2 Å². The number of nitriles is 1. The van der Waals surface area contributed by atoms with Crippen molar-refractivity contribution in [2.45, 2.75) is 57.2 Å². The lowest BCUT2D eigenvalue weighted by atomic mass is 10.1. The van der Waals surface area contributed by atoms with Crippen LogP contribution in [0.15, 0.2) is 30.9 Å². The Morgan fingerprint density at radius 3 is 2.83 bits per heavy atom. The van der Waals surface area contributed by atoms with Crippen molar-refractivity contribution in [3.05, 3.63) is 52.7 Å². The van der Waals surface area contributed by atoms with Crippen LogP contribution in [-0.4, -0.2) is 95.0 Å². The van der Waals surface area contributed by atoms with Crippen molar-refractivity contribution in [3.63, 3.8) is 0 Å². The van der Waals surface area contributed by atoms with Crippen LogP contribution in [0.2, 0.25) is 5.02 Å². The van der Waals surface area contributed by atoms with Gasteiger partial charge in [-0.15, -0.1) is 0 Å². The highest BCUT2D eigenvalue weighted by Crippen LogP contribution is 2.36. The fourth-order valence-corrected chi connectivity index (χ4v) is 6.24. The van der Waals surface area contributed by atoms with E-state index < -0.39 is 6.23 Å². The second-order valence-electron chi connectivity index (χ2n) is 10.8. The van der Waals surface area contributed by atoms with Crippen LogP contribution in [0.4, 0.5) is 5.82 Å². The molecule has 3 aliphatic heterocycles. The van der Waals surface area contributed by atoms with Gasteiger partial charge in [-0.1, -0.05) is 24.2 Å². The maximum Gasteiger partial charge on any atom is 0.318 e. The molecule has 0 spiro atoms. The number of ether oxygens (including phenoxy) is 2. The number of nitrogens with zero attached hydrogens (tertiary/aromatic N) is 7. The molecule has 1 unspecified atom stereocenters. The van der Waals surface area contributed by atoms with Crippen LogP contribution in [0.5, 0.6) is 11.8 Å². The van der Waals surface area contributed by atoms with Crippen LogP contribution in [0.1, 0.15) is 36.1 Å². The van der Waals surface area contributed by atoms with Crippen molar-refractivity contribution in [2.24, 2.45) is 0 Å². The van der Waals surface area contributed by atoms with Crippen molar-refractivity contribution in [2.75, 3.05) is 51.8 Å². The molecule has 3 aliphatic rings. The smallest absolute Gasteiger partial charge is 0.318 e. The Bertz CT molecular complexity index is 1250. The molecular formula is C29H38ClN7O3. The normalized spacial score (nSPS) is 22.6. The summed E-state index contributed by atoms with van der Waals surface area (Å²) < 4.78 is 11.8. The first kappa shape index (κ1) is 28.6. The Labute approximate surface area is 241 Å². The quantitative estimate of drug-likeness (QED) is 0.431. The molecular weight excluding hydrogens is 530 g/mol. The number of halogens is 1. The second kappa shape index (κ2) is 12.7. The third kappa shape index (κ3) is 6.04. The minimum atomic E-state index is -0.792. The van der Waals surface area contributed by atoms with E-state index in [1.807, 2.05) is 23.1 Å². The largest absolute Gasteiger partial charge is 0.496 e. The lowest BCUT2D eigenvalue weighted by molar-refractivity contribution is 0.00431. The average Bonchev–Trinajstić information content (AvgIpc) is 3.57. The zero-order valence-electron chi connectivity index (χ0n) is 23.3. The highest BCUT2D eigenvalue weighted by Gasteiger charge is 2.35. The molecule has 0 aliphatic carbocycles. The van der Waals surface area contributed by atoms with Gasteiger partial charge in [0, 0.05) is 67.5 Å². The molecule has 1 N–H and O–H groups in total. The van der Waals surface area contributed by atoms with E-state index in [9.17, 15) is 10.4 Å². The van der Waals surface area contributed by atoms with E-state index in [1.54, 1.807) is 7.11 Å². The number of aliphatic hydroxyl groups excluding tert-OH is 1. The summed E-state index contributed by atoms with van der Waals surface area (Å²) in [5.74, 6) is 1.60. The molecule has 2 aromatic rings. The number of anilines is 1. The fourth-order valence-electron chi connectivity index (χ4n) is 6.02. The van der Waals surface area contributed by atoms with Crippen molar-refractivity contribution >= 4 is 17.4 Å². The first-order valence-corrected chi connectivity index (χ1v) is 14.2. The number of benzene rings is 1. The molecule has 4 heterocycles. The van der Waals surface area contributed by atoms with Gasteiger partial charge >= 0.3 is 6.01 Å². The van der Waals surface area contributed by atoms with E-state index in [-0.39, 0.29) is 6.04 Å². The standard InChI is InChI=1S/C29H38ClN7O3/c1-4-27(38)37-14-13-36(15-20(37)10-11-31)28-23-17-35(16-22-24(30)8-5-9-26(22)39-3)18-25(23)32-29(33-28)40-19-21-7-6-12-34(21)2/h4-5,8-9,20-21,27,38H,1,6-7,10,12-19H2,2-3H3/t20-,21-,27?/m0/s1. The molecule has 0 amide bonds. The SMILES string of the molecule is C=CC(O)N1CCN(c2nc(OC[C@@H]3CCCN3C)nc3c2CN(Cc2c(Cl)cccc2OC)C3)C[C@@H]1CC#N. The molecule has 0 bridgehead atoms. The molecule has 1 aromatic carbocycles. The minimum absolute atomic E-state index is 0.154. The Balaban J connectivity index is 1.42. The molecule has 0 saturated carbocycles. The second-order valence-corrected chi connectivity index (χ2v) is 11.2. The number of methoxy groups -OCH3 is 1. The van der Waals surface area contributed by atoms with E-state index in [2.05, 4.69) is 34.4 Å². The van der Waals surface area contributed by atoms with Gasteiger partial charge in [-0.3, -0.25) is 9.80 Å². The molecule has 3 atom stereocenters. The van der Waals surface area contributed by atoms with Crippen molar-refractivity contribution in [1.29, 1.82) is 5.26 Å². The Hall–Kier alpha value is -2.94. The summed E-state index contributed by atoms with van der Waals surface area (Å²) in [6, 6.07) is 8.56. The third-order valence-electron chi connectivity index (χ3n) is 8.26. The average molecular weight is 568 g/mol. The minimum Gasteiger partial charge on any atom is -0.496 e. The maximum atomic E-state index is 10.5. The van der Waals surface area contributed by atoms with Crippen LogP contribution >= 0.6 is 11.6 Å². The number of rotatable bonds is 10. The van der Waals surface area contributed by atoms with Crippen LogP contribution in [-0.2, 0) is 19.6 Å². The van der Waals surface area contributed by atoms with Gasteiger partial charge in [-0.25, -0.2) is 0 Å². The first-order valence-electron chi connectivity index (χ1n) is 13.9. The molecule has 2 saturated heterocycles. The van der Waals surface area contributed by atoms with E-state index in [4.69, 9.17) is 31.0 Å². The number of likely N-dealkylation sites (tertiary alicyclic amines) is 1. The molecule has 2 fully saturated rings. The summed E-state index contributed by atoms with van der Waals surface area (Å²) in [6.45, 7) is 9.05. The summed E-state index contributed by atoms with van der Waals surface area (Å²) in [4.78, 5) is 18.6.